The molecule has 1 aromatic heterocycles. The van der Waals surface area contributed by atoms with E-state index in [-0.39, 0.29) is 0 Å². The summed E-state index contributed by atoms with van der Waals surface area (Å²) in [6, 6.07) is 0.330. The zero-order valence-corrected chi connectivity index (χ0v) is 12.3. The number of nitrogens with zero attached hydrogens (tertiary/aromatic N) is 1. The molecule has 0 aliphatic heterocycles. The molecule has 102 valence electrons. The number of aromatic carboxylic acids is 1. The minimum absolute atomic E-state index is 0.326. The molecule has 1 atom stereocenters. The van der Waals surface area contributed by atoms with E-state index in [0.29, 0.717) is 21.7 Å². The summed E-state index contributed by atoms with van der Waals surface area (Å²) in [5.41, 5.74) is 0.587. The molecule has 0 fully saturated rings. The topological polar surface area (TPSA) is 62.2 Å². The van der Waals surface area contributed by atoms with Gasteiger partial charge in [-0.3, -0.25) is 0 Å². The van der Waals surface area contributed by atoms with E-state index in [1.165, 1.54) is 24.2 Å². The van der Waals surface area contributed by atoms with Gasteiger partial charge >= 0.3 is 5.97 Å². The molecule has 0 radical (unpaired) electrons. The monoisotopic (exact) mass is 270 g/mol. The number of aromatic nitrogens is 1. The van der Waals surface area contributed by atoms with Crippen LogP contribution in [0.2, 0.25) is 0 Å². The summed E-state index contributed by atoms with van der Waals surface area (Å²) < 4.78 is 0. The highest BCUT2D eigenvalue weighted by molar-refractivity contribution is 7.17. The molecule has 1 aromatic rings. The molecule has 2 N–H and O–H groups in total. The van der Waals surface area contributed by atoms with Gasteiger partial charge in [0.1, 0.15) is 4.88 Å². The van der Waals surface area contributed by atoms with Crippen molar-refractivity contribution in [1.82, 2.24) is 4.98 Å². The molecule has 5 heteroatoms. The Kier molecular flexibility index (Phi) is 5.59. The van der Waals surface area contributed by atoms with Gasteiger partial charge in [-0.2, -0.15) is 0 Å². The highest BCUT2D eigenvalue weighted by atomic mass is 32.1. The molecule has 4 nitrogen and oxygen atoms in total. The molecule has 18 heavy (non-hydrogen) atoms. The van der Waals surface area contributed by atoms with Crippen LogP contribution < -0.4 is 5.32 Å². The molecule has 0 bridgehead atoms. The molecule has 1 rings (SSSR count). The SMILES string of the molecule is Cc1nc(NC(C)CCCC(C)C)sc1C(=O)O. The summed E-state index contributed by atoms with van der Waals surface area (Å²) in [7, 11) is 0. The summed E-state index contributed by atoms with van der Waals surface area (Å²) in [5, 5.41) is 12.9. The van der Waals surface area contributed by atoms with Crippen molar-refractivity contribution >= 4 is 22.4 Å². The fraction of sp³-hybridized carbons (Fsp3) is 0.692. The lowest BCUT2D eigenvalue weighted by atomic mass is 10.0. The Labute approximate surface area is 112 Å². The summed E-state index contributed by atoms with van der Waals surface area (Å²) in [6.45, 7) is 8.29. The zero-order valence-electron chi connectivity index (χ0n) is 11.5. The smallest absolute Gasteiger partial charge is 0.347 e. The number of aryl methyl sites for hydroxylation is 1. The molecule has 0 aliphatic rings. The van der Waals surface area contributed by atoms with Crippen molar-refractivity contribution in [2.24, 2.45) is 5.92 Å². The number of carbonyl (C=O) groups is 1. The van der Waals surface area contributed by atoms with Crippen LogP contribution in [0.5, 0.6) is 0 Å². The number of rotatable bonds is 7. The average Bonchev–Trinajstić information content (AvgIpc) is 2.58. The Morgan fingerprint density at radius 2 is 2.06 bits per heavy atom. The predicted octanol–water partition coefficient (Wildman–Crippen LogP) is 3.78. The van der Waals surface area contributed by atoms with Crippen LogP contribution in [0.15, 0.2) is 0 Å². The molecular weight excluding hydrogens is 248 g/mol. The maximum atomic E-state index is 10.9. The first-order chi connectivity index (χ1) is 8.40. The average molecular weight is 270 g/mol. The summed E-state index contributed by atoms with van der Waals surface area (Å²) in [5.74, 6) is -0.163. The van der Waals surface area contributed by atoms with Crippen LogP contribution in [-0.4, -0.2) is 22.1 Å². The van der Waals surface area contributed by atoms with Gasteiger partial charge in [0.05, 0.1) is 5.69 Å². The van der Waals surface area contributed by atoms with Gasteiger partial charge in [0.2, 0.25) is 0 Å². The molecule has 1 unspecified atom stereocenters. The summed E-state index contributed by atoms with van der Waals surface area (Å²) in [4.78, 5) is 15.5. The van der Waals surface area contributed by atoms with Gasteiger partial charge in [0.25, 0.3) is 0 Å². The lowest BCUT2D eigenvalue weighted by Gasteiger charge is -2.13. The van der Waals surface area contributed by atoms with Crippen LogP contribution in [0.1, 0.15) is 55.4 Å². The minimum Gasteiger partial charge on any atom is -0.477 e. The number of anilines is 1. The van der Waals surface area contributed by atoms with E-state index >= 15 is 0 Å². The normalized spacial score (nSPS) is 12.7. The maximum Gasteiger partial charge on any atom is 0.347 e. The molecule has 0 saturated carbocycles. The van der Waals surface area contributed by atoms with Crippen molar-refractivity contribution in [3.8, 4) is 0 Å². The van der Waals surface area contributed by atoms with E-state index in [0.717, 1.165) is 12.3 Å². The standard InChI is InChI=1S/C13H22N2O2S/c1-8(2)6-5-7-9(3)14-13-15-10(4)11(18-13)12(16)17/h8-9H,5-7H2,1-4H3,(H,14,15)(H,16,17). The Morgan fingerprint density at radius 3 is 2.56 bits per heavy atom. The van der Waals surface area contributed by atoms with Crippen molar-refractivity contribution < 1.29 is 9.90 Å². The third-order valence-corrected chi connectivity index (χ3v) is 3.86. The van der Waals surface area contributed by atoms with Gasteiger partial charge in [0, 0.05) is 6.04 Å². The van der Waals surface area contributed by atoms with Gasteiger partial charge in [-0.25, -0.2) is 9.78 Å². The number of nitrogens with one attached hydrogen (secondary N) is 1. The number of hydrogen-bond donors (Lipinski definition) is 2. The molecule has 0 aliphatic carbocycles. The first-order valence-electron chi connectivity index (χ1n) is 6.37. The summed E-state index contributed by atoms with van der Waals surface area (Å²) in [6.07, 6.45) is 3.49. The Balaban J connectivity index is 2.47. The van der Waals surface area contributed by atoms with Crippen molar-refractivity contribution in [2.75, 3.05) is 5.32 Å². The highest BCUT2D eigenvalue weighted by Crippen LogP contribution is 2.23. The number of thiazole rings is 1. The molecule has 0 saturated heterocycles. The minimum atomic E-state index is -0.898. The lowest BCUT2D eigenvalue weighted by molar-refractivity contribution is 0.0701. The second-order valence-corrected chi connectivity index (χ2v) is 6.11. The van der Waals surface area contributed by atoms with Crippen LogP contribution in [-0.2, 0) is 0 Å². The molecule has 0 amide bonds. The van der Waals surface area contributed by atoms with Crippen molar-refractivity contribution in [2.45, 2.75) is 53.0 Å². The van der Waals surface area contributed by atoms with E-state index in [1.807, 2.05) is 0 Å². The van der Waals surface area contributed by atoms with Crippen LogP contribution in [0.3, 0.4) is 0 Å². The highest BCUT2D eigenvalue weighted by Gasteiger charge is 2.14. The third-order valence-electron chi connectivity index (χ3n) is 2.78. The maximum absolute atomic E-state index is 10.9. The van der Waals surface area contributed by atoms with Crippen LogP contribution in [0.25, 0.3) is 0 Å². The molecule has 0 aromatic carbocycles. The first kappa shape index (κ1) is 15.0. The van der Waals surface area contributed by atoms with E-state index in [4.69, 9.17) is 5.11 Å². The quantitative estimate of drug-likeness (QED) is 0.791. The van der Waals surface area contributed by atoms with E-state index in [1.54, 1.807) is 6.92 Å². The molecular formula is C13H22N2O2S. The van der Waals surface area contributed by atoms with Crippen molar-refractivity contribution in [3.05, 3.63) is 10.6 Å². The number of carboxylic acid groups (broad SMARTS) is 1. The van der Waals surface area contributed by atoms with E-state index in [2.05, 4.69) is 31.1 Å². The Hall–Kier alpha value is -1.10. The fourth-order valence-electron chi connectivity index (χ4n) is 1.77. The van der Waals surface area contributed by atoms with Gasteiger partial charge < -0.3 is 10.4 Å². The predicted molar refractivity (Wildman–Crippen MR) is 75.6 cm³/mol. The Bertz CT molecular complexity index is 402. The van der Waals surface area contributed by atoms with Gasteiger partial charge in [0.15, 0.2) is 5.13 Å². The van der Waals surface area contributed by atoms with Gasteiger partial charge in [-0.1, -0.05) is 38.0 Å². The Morgan fingerprint density at radius 1 is 1.39 bits per heavy atom. The number of carboxylic acids is 1. The molecule has 1 heterocycles. The second kappa shape index (κ2) is 6.73. The van der Waals surface area contributed by atoms with E-state index < -0.39 is 5.97 Å². The fourth-order valence-corrected chi connectivity index (χ4v) is 2.69. The second-order valence-electron chi connectivity index (χ2n) is 5.11. The molecule has 0 spiro atoms. The lowest BCUT2D eigenvalue weighted by Crippen LogP contribution is -2.14. The third kappa shape index (κ3) is 4.64. The number of hydrogen-bond acceptors (Lipinski definition) is 4. The van der Waals surface area contributed by atoms with Crippen molar-refractivity contribution in [3.63, 3.8) is 0 Å². The van der Waals surface area contributed by atoms with Crippen LogP contribution in [0, 0.1) is 12.8 Å². The van der Waals surface area contributed by atoms with Gasteiger partial charge in [-0.05, 0) is 26.2 Å². The van der Waals surface area contributed by atoms with E-state index in [9.17, 15) is 4.79 Å². The van der Waals surface area contributed by atoms with Crippen LogP contribution in [0.4, 0.5) is 5.13 Å². The zero-order chi connectivity index (χ0) is 13.7. The summed E-state index contributed by atoms with van der Waals surface area (Å²) >= 11 is 1.21. The van der Waals surface area contributed by atoms with Crippen molar-refractivity contribution in [1.29, 1.82) is 0 Å². The van der Waals surface area contributed by atoms with Gasteiger partial charge in [-0.15, -0.1) is 0 Å². The van der Waals surface area contributed by atoms with Crippen LogP contribution >= 0.6 is 11.3 Å². The largest absolute Gasteiger partial charge is 0.477 e. The first-order valence-corrected chi connectivity index (χ1v) is 7.19.